The van der Waals surface area contributed by atoms with Crippen molar-refractivity contribution < 1.29 is 10.2 Å². The maximum Gasteiger partial charge on any atom is 0.0569 e. The van der Waals surface area contributed by atoms with Gasteiger partial charge in [-0.3, -0.25) is 0 Å². The highest BCUT2D eigenvalue weighted by Crippen LogP contribution is 2.51. The van der Waals surface area contributed by atoms with E-state index in [1.54, 1.807) is 0 Å². The lowest BCUT2D eigenvalue weighted by Crippen LogP contribution is -2.40. The van der Waals surface area contributed by atoms with Gasteiger partial charge in [-0.1, -0.05) is 136 Å². The Morgan fingerprint density at radius 2 is 1.24 bits per heavy atom. The average Bonchev–Trinajstić information content (AvgIpc) is 3.47. The Morgan fingerprint density at radius 3 is 1.88 bits per heavy atom. The molecular formula is C45H55BrN2O2. The molecule has 0 radical (unpaired) electrons. The van der Waals surface area contributed by atoms with Gasteiger partial charge < -0.3 is 20.0 Å². The largest absolute Gasteiger partial charge is 0.396 e. The van der Waals surface area contributed by atoms with Gasteiger partial charge in [-0.15, -0.1) is 0 Å². The van der Waals surface area contributed by atoms with Crippen LogP contribution in [0.2, 0.25) is 0 Å². The molecule has 6 rings (SSSR count). The van der Waals surface area contributed by atoms with Gasteiger partial charge in [0, 0.05) is 58.7 Å². The van der Waals surface area contributed by atoms with Crippen LogP contribution in [0.5, 0.6) is 0 Å². The molecule has 4 aromatic carbocycles. The third kappa shape index (κ3) is 7.20. The highest BCUT2D eigenvalue weighted by molar-refractivity contribution is 9.11. The number of allylic oxidation sites excluding steroid dienone is 5. The number of unbranched alkanes of at least 4 members (excludes halogenated alkanes) is 6. The Bertz CT molecular complexity index is 1890. The first-order valence-electron chi connectivity index (χ1n) is 18.8. The third-order valence-corrected chi connectivity index (χ3v) is 11.7. The van der Waals surface area contributed by atoms with Crippen molar-refractivity contribution in [1.82, 2.24) is 0 Å². The Hall–Kier alpha value is -3.38. The minimum atomic E-state index is -0.155. The third-order valence-electron chi connectivity index (χ3n) is 11.1. The van der Waals surface area contributed by atoms with Gasteiger partial charge in [0.15, 0.2) is 0 Å². The summed E-state index contributed by atoms with van der Waals surface area (Å²) in [4.78, 5) is 5.16. The van der Waals surface area contributed by atoms with E-state index in [0.29, 0.717) is 0 Å². The lowest BCUT2D eigenvalue weighted by atomic mass is 9.78. The predicted octanol–water partition coefficient (Wildman–Crippen LogP) is 11.1. The highest BCUT2D eigenvalue weighted by atomic mass is 79.9. The average molecular weight is 736 g/mol. The van der Waals surface area contributed by atoms with Crippen molar-refractivity contribution in [2.45, 2.75) is 95.9 Å². The van der Waals surface area contributed by atoms with Crippen LogP contribution >= 0.6 is 15.9 Å². The van der Waals surface area contributed by atoms with Crippen molar-refractivity contribution >= 4 is 48.8 Å². The Morgan fingerprint density at radius 1 is 0.680 bits per heavy atom. The second-order valence-electron chi connectivity index (χ2n) is 15.2. The maximum atomic E-state index is 9.31. The second-order valence-corrected chi connectivity index (χ2v) is 16.2. The number of nitrogens with zero attached hydrogens (tertiary/aromatic N) is 2. The SMILES string of the molecule is CC1(C)C(=CC=C(Br)C=CC2N(CCCCCCO)c3ccc4ccccc4c3C2(C)C)N(CCCCCCO)c2ccc3ccccc3c21. The van der Waals surface area contributed by atoms with Gasteiger partial charge in [-0.2, -0.15) is 0 Å². The fourth-order valence-corrected chi connectivity index (χ4v) is 8.91. The molecule has 5 heteroatoms. The Kier molecular flexibility index (Phi) is 11.6. The molecule has 264 valence electrons. The van der Waals surface area contributed by atoms with Gasteiger partial charge >= 0.3 is 0 Å². The van der Waals surface area contributed by atoms with E-state index in [0.717, 1.165) is 68.9 Å². The molecule has 1 atom stereocenters. The first kappa shape index (κ1) is 36.4. The number of hydrogen-bond donors (Lipinski definition) is 2. The molecule has 2 heterocycles. The zero-order valence-corrected chi connectivity index (χ0v) is 32.1. The molecule has 0 saturated carbocycles. The predicted molar refractivity (Wildman–Crippen MR) is 218 cm³/mol. The lowest BCUT2D eigenvalue weighted by molar-refractivity contribution is 0.282. The summed E-state index contributed by atoms with van der Waals surface area (Å²) in [5.41, 5.74) is 6.60. The first-order valence-corrected chi connectivity index (χ1v) is 19.6. The second kappa shape index (κ2) is 15.9. The molecule has 0 aliphatic carbocycles. The molecule has 1 unspecified atom stereocenters. The number of rotatable bonds is 15. The molecule has 0 aromatic heterocycles. The zero-order chi connectivity index (χ0) is 35.3. The van der Waals surface area contributed by atoms with Crippen LogP contribution in [0, 0.1) is 0 Å². The topological polar surface area (TPSA) is 46.9 Å². The number of anilines is 2. The molecule has 2 aliphatic rings. The van der Waals surface area contributed by atoms with Crippen LogP contribution in [0.1, 0.15) is 90.2 Å². The lowest BCUT2D eigenvalue weighted by Gasteiger charge is -2.32. The summed E-state index contributed by atoms with van der Waals surface area (Å²) in [6.07, 6.45) is 17.6. The van der Waals surface area contributed by atoms with Crippen molar-refractivity contribution in [1.29, 1.82) is 0 Å². The fourth-order valence-electron chi connectivity index (χ4n) is 8.62. The monoisotopic (exact) mass is 734 g/mol. The molecule has 0 spiro atoms. The summed E-state index contributed by atoms with van der Waals surface area (Å²) in [5, 5.41) is 23.9. The number of aliphatic hydroxyl groups is 2. The van der Waals surface area contributed by atoms with E-state index in [1.165, 1.54) is 49.7 Å². The van der Waals surface area contributed by atoms with Gasteiger partial charge in [0.05, 0.1) is 6.04 Å². The van der Waals surface area contributed by atoms with Crippen molar-refractivity contribution in [2.24, 2.45) is 0 Å². The minimum absolute atomic E-state index is 0.0769. The molecule has 50 heavy (non-hydrogen) atoms. The van der Waals surface area contributed by atoms with E-state index < -0.39 is 0 Å². The molecular weight excluding hydrogens is 680 g/mol. The van der Waals surface area contributed by atoms with E-state index in [4.69, 9.17) is 0 Å². The summed E-state index contributed by atoms with van der Waals surface area (Å²) in [6.45, 7) is 12.0. The summed E-state index contributed by atoms with van der Waals surface area (Å²) in [6, 6.07) is 27.0. The van der Waals surface area contributed by atoms with Crippen LogP contribution < -0.4 is 9.80 Å². The minimum Gasteiger partial charge on any atom is -0.396 e. The summed E-state index contributed by atoms with van der Waals surface area (Å²) in [7, 11) is 0. The fraction of sp³-hybridized carbons (Fsp3) is 0.422. The van der Waals surface area contributed by atoms with E-state index in [1.807, 2.05) is 0 Å². The number of halogens is 1. The van der Waals surface area contributed by atoms with Crippen LogP contribution in [0.3, 0.4) is 0 Å². The number of hydrogen-bond acceptors (Lipinski definition) is 4. The quantitative estimate of drug-likeness (QED) is 0.0943. The van der Waals surface area contributed by atoms with Crippen LogP contribution in [-0.4, -0.2) is 42.6 Å². The summed E-state index contributed by atoms with van der Waals surface area (Å²) in [5.74, 6) is 0. The number of benzene rings is 4. The molecule has 0 amide bonds. The summed E-state index contributed by atoms with van der Waals surface area (Å²) < 4.78 is 1.06. The first-order chi connectivity index (χ1) is 24.2. The van der Waals surface area contributed by atoms with Gasteiger partial charge in [-0.25, -0.2) is 0 Å². The van der Waals surface area contributed by atoms with Gasteiger partial charge in [0.25, 0.3) is 0 Å². The Balaban J connectivity index is 1.31. The van der Waals surface area contributed by atoms with E-state index in [2.05, 4.69) is 151 Å². The Labute approximate surface area is 308 Å². The highest BCUT2D eigenvalue weighted by Gasteiger charge is 2.44. The van der Waals surface area contributed by atoms with Crippen molar-refractivity contribution in [3.63, 3.8) is 0 Å². The van der Waals surface area contributed by atoms with Crippen molar-refractivity contribution in [3.05, 3.63) is 118 Å². The van der Waals surface area contributed by atoms with Crippen LogP contribution in [-0.2, 0) is 10.8 Å². The summed E-state index contributed by atoms with van der Waals surface area (Å²) >= 11 is 3.96. The maximum absolute atomic E-state index is 9.31. The van der Waals surface area contributed by atoms with E-state index >= 15 is 0 Å². The van der Waals surface area contributed by atoms with Gasteiger partial charge in [0.1, 0.15) is 0 Å². The van der Waals surface area contributed by atoms with E-state index in [9.17, 15) is 10.2 Å². The molecule has 0 fully saturated rings. The van der Waals surface area contributed by atoms with Crippen molar-refractivity contribution in [2.75, 3.05) is 36.1 Å². The van der Waals surface area contributed by atoms with Crippen LogP contribution in [0.15, 0.2) is 107 Å². The molecule has 4 aromatic rings. The number of aliphatic hydroxyl groups excluding tert-OH is 2. The number of fused-ring (bicyclic) bond motifs is 6. The zero-order valence-electron chi connectivity index (χ0n) is 30.5. The molecule has 4 nitrogen and oxygen atoms in total. The van der Waals surface area contributed by atoms with Gasteiger partial charge in [0.2, 0.25) is 0 Å². The van der Waals surface area contributed by atoms with Crippen LogP contribution in [0.25, 0.3) is 21.5 Å². The normalized spacial score (nSPS) is 19.0. The standard InChI is InChI=1S/C45H55BrN2O2/c1-44(2)40(47(29-13-5-7-15-31-49)38-25-21-33-17-9-11-19-36(33)42(38)44)27-23-35(46)24-28-41-45(3,4)43-37-20-12-10-18-34(37)22-26-39(43)48(41)30-14-6-8-16-32-50/h9-12,17-28,40,49-50H,5-8,13-16,29-32H2,1-4H3. The van der Waals surface area contributed by atoms with E-state index in [-0.39, 0.29) is 30.1 Å². The molecule has 2 N–H and O–H groups in total. The molecule has 0 bridgehead atoms. The van der Waals surface area contributed by atoms with Crippen LogP contribution in [0.4, 0.5) is 11.4 Å². The molecule has 0 saturated heterocycles. The smallest absolute Gasteiger partial charge is 0.0569 e. The van der Waals surface area contributed by atoms with Gasteiger partial charge in [-0.05, 0) is 88.7 Å². The molecule has 2 aliphatic heterocycles. The van der Waals surface area contributed by atoms with Crippen molar-refractivity contribution in [3.8, 4) is 0 Å².